The van der Waals surface area contributed by atoms with E-state index in [-0.39, 0.29) is 41.4 Å². The van der Waals surface area contributed by atoms with Crippen LogP contribution in [0.25, 0.3) is 0 Å². The molecule has 0 saturated carbocycles. The van der Waals surface area contributed by atoms with Crippen LogP contribution in [0.5, 0.6) is 5.75 Å². The molecule has 0 saturated heterocycles. The molecule has 5 rings (SSSR count). The van der Waals surface area contributed by atoms with E-state index in [0.29, 0.717) is 22.4 Å². The van der Waals surface area contributed by atoms with Crippen molar-refractivity contribution in [3.8, 4) is 5.75 Å². The SMILES string of the molecule is CN(C)c1ccc(N(Cc2ccc(F)cc2)C(=O)c2ccc(CN(Cc3ccc(F)cc3)S(=O)(=O)c3cc(Cl)cc(Cl)c3O)cc2)cc1. The summed E-state index contributed by atoms with van der Waals surface area (Å²) < 4.78 is 56.2. The maximum absolute atomic E-state index is 13.9. The summed E-state index contributed by atoms with van der Waals surface area (Å²) in [6.07, 6.45) is 0. The molecule has 1 amide bonds. The first-order valence-electron chi connectivity index (χ1n) is 14.7. The van der Waals surface area contributed by atoms with Gasteiger partial charge in [-0.15, -0.1) is 0 Å². The quantitative estimate of drug-likeness (QED) is 0.149. The molecule has 0 heterocycles. The topological polar surface area (TPSA) is 81.2 Å². The van der Waals surface area contributed by atoms with Crippen molar-refractivity contribution >= 4 is 50.5 Å². The summed E-state index contributed by atoms with van der Waals surface area (Å²) in [6, 6.07) is 27.5. The number of rotatable bonds is 11. The van der Waals surface area contributed by atoms with E-state index in [2.05, 4.69) is 0 Å². The molecule has 0 unspecified atom stereocenters. The zero-order valence-electron chi connectivity index (χ0n) is 25.9. The van der Waals surface area contributed by atoms with Gasteiger partial charge in [0.2, 0.25) is 10.0 Å². The summed E-state index contributed by atoms with van der Waals surface area (Å²) >= 11 is 12.1. The van der Waals surface area contributed by atoms with Crippen molar-refractivity contribution in [3.63, 3.8) is 0 Å². The van der Waals surface area contributed by atoms with Crippen LogP contribution in [0.3, 0.4) is 0 Å². The van der Waals surface area contributed by atoms with Crippen LogP contribution in [-0.4, -0.2) is 37.8 Å². The second-order valence-electron chi connectivity index (χ2n) is 11.3. The Bertz CT molecular complexity index is 2010. The number of phenols is 1. The van der Waals surface area contributed by atoms with Gasteiger partial charge in [-0.2, -0.15) is 4.31 Å². The lowest BCUT2D eigenvalue weighted by Crippen LogP contribution is -2.31. The van der Waals surface area contributed by atoms with Crippen molar-refractivity contribution in [2.24, 2.45) is 0 Å². The largest absolute Gasteiger partial charge is 0.505 e. The van der Waals surface area contributed by atoms with Crippen molar-refractivity contribution in [1.29, 1.82) is 0 Å². The number of amides is 1. The van der Waals surface area contributed by atoms with Crippen molar-refractivity contribution in [2.75, 3.05) is 23.9 Å². The van der Waals surface area contributed by atoms with Gasteiger partial charge in [-0.25, -0.2) is 17.2 Å². The van der Waals surface area contributed by atoms with Crippen LogP contribution in [0, 0.1) is 11.6 Å². The number of aromatic hydroxyl groups is 1. The minimum absolute atomic E-state index is 0.0162. The van der Waals surface area contributed by atoms with Gasteiger partial charge in [0.15, 0.2) is 5.75 Å². The molecule has 5 aromatic carbocycles. The lowest BCUT2D eigenvalue weighted by atomic mass is 10.1. The van der Waals surface area contributed by atoms with E-state index in [1.165, 1.54) is 42.5 Å². The summed E-state index contributed by atoms with van der Waals surface area (Å²) in [5.41, 5.74) is 3.68. The van der Waals surface area contributed by atoms with E-state index in [1.54, 1.807) is 41.3 Å². The van der Waals surface area contributed by atoms with Crippen LogP contribution in [0.1, 0.15) is 27.0 Å². The highest BCUT2D eigenvalue weighted by Crippen LogP contribution is 2.36. The third kappa shape index (κ3) is 8.14. The standard InChI is InChI=1S/C36H31Cl2F2N3O4S/c1-41(2)31-15-17-32(18-16-31)43(23-26-7-13-30(40)14-8-26)36(45)27-9-3-24(4-10-27)21-42(22-25-5-11-29(39)12-6-25)48(46,47)34-20-28(37)19-33(38)35(34)44/h3-20,44H,21-23H2,1-2H3. The highest BCUT2D eigenvalue weighted by atomic mass is 35.5. The van der Waals surface area contributed by atoms with Gasteiger partial charge in [0.1, 0.15) is 16.5 Å². The number of nitrogens with zero attached hydrogens (tertiary/aromatic N) is 3. The normalized spacial score (nSPS) is 11.5. The Labute approximate surface area is 288 Å². The molecule has 48 heavy (non-hydrogen) atoms. The molecule has 5 aromatic rings. The Morgan fingerprint density at radius 3 is 1.65 bits per heavy atom. The minimum atomic E-state index is -4.39. The van der Waals surface area contributed by atoms with E-state index in [4.69, 9.17) is 23.2 Å². The summed E-state index contributed by atoms with van der Waals surface area (Å²) in [7, 11) is -0.564. The molecular formula is C36H31Cl2F2N3O4S. The highest BCUT2D eigenvalue weighted by Gasteiger charge is 2.30. The van der Waals surface area contributed by atoms with Gasteiger partial charge >= 0.3 is 0 Å². The average Bonchev–Trinajstić information content (AvgIpc) is 3.06. The first kappa shape index (κ1) is 34.8. The van der Waals surface area contributed by atoms with Crippen molar-refractivity contribution in [1.82, 2.24) is 4.31 Å². The lowest BCUT2D eigenvalue weighted by molar-refractivity contribution is 0.0985. The number of sulfonamides is 1. The summed E-state index contributed by atoms with van der Waals surface area (Å²) in [5.74, 6) is -1.83. The van der Waals surface area contributed by atoms with E-state index in [1.807, 2.05) is 43.3 Å². The molecule has 0 spiro atoms. The molecule has 0 fully saturated rings. The van der Waals surface area contributed by atoms with Gasteiger partial charge in [-0.1, -0.05) is 59.6 Å². The molecular weight excluding hydrogens is 679 g/mol. The van der Waals surface area contributed by atoms with Gasteiger partial charge in [-0.05, 0) is 89.5 Å². The minimum Gasteiger partial charge on any atom is -0.505 e. The summed E-state index contributed by atoms with van der Waals surface area (Å²) in [4.78, 5) is 17.0. The molecule has 7 nitrogen and oxygen atoms in total. The number of hydrogen-bond donors (Lipinski definition) is 1. The first-order valence-corrected chi connectivity index (χ1v) is 16.9. The Kier molecular flexibility index (Phi) is 10.7. The maximum atomic E-state index is 13.9. The monoisotopic (exact) mass is 709 g/mol. The van der Waals surface area contributed by atoms with Gasteiger partial charge in [0, 0.05) is 49.1 Å². The maximum Gasteiger partial charge on any atom is 0.258 e. The van der Waals surface area contributed by atoms with Crippen molar-refractivity contribution in [2.45, 2.75) is 24.5 Å². The van der Waals surface area contributed by atoms with Crippen LogP contribution in [-0.2, 0) is 29.7 Å². The molecule has 0 aromatic heterocycles. The van der Waals surface area contributed by atoms with Crippen LogP contribution < -0.4 is 9.80 Å². The molecule has 0 aliphatic heterocycles. The summed E-state index contributed by atoms with van der Waals surface area (Å²) in [6.45, 7) is -0.151. The number of carbonyl (C=O) groups is 1. The highest BCUT2D eigenvalue weighted by molar-refractivity contribution is 7.89. The second-order valence-corrected chi connectivity index (χ2v) is 14.0. The molecule has 12 heteroatoms. The zero-order valence-corrected chi connectivity index (χ0v) is 28.3. The Hall–Kier alpha value is -4.48. The fraction of sp³-hybridized carbons (Fsp3) is 0.139. The number of anilines is 2. The number of carbonyl (C=O) groups excluding carboxylic acids is 1. The average molecular weight is 711 g/mol. The van der Waals surface area contributed by atoms with Crippen LogP contribution in [0.2, 0.25) is 10.0 Å². The first-order chi connectivity index (χ1) is 22.8. The van der Waals surface area contributed by atoms with Crippen molar-refractivity contribution in [3.05, 3.63) is 153 Å². The third-order valence-corrected chi connectivity index (χ3v) is 9.93. The zero-order chi connectivity index (χ0) is 34.6. The van der Waals surface area contributed by atoms with E-state index in [0.717, 1.165) is 21.6 Å². The third-order valence-electron chi connectivity index (χ3n) is 7.62. The number of phenolic OH excluding ortho intramolecular Hbond substituents is 1. The van der Waals surface area contributed by atoms with Crippen LogP contribution in [0.15, 0.2) is 114 Å². The van der Waals surface area contributed by atoms with Gasteiger partial charge < -0.3 is 14.9 Å². The van der Waals surface area contributed by atoms with Crippen LogP contribution in [0.4, 0.5) is 20.2 Å². The Morgan fingerprint density at radius 2 is 1.15 bits per heavy atom. The van der Waals surface area contributed by atoms with Crippen LogP contribution >= 0.6 is 23.2 Å². The Morgan fingerprint density at radius 1 is 0.688 bits per heavy atom. The molecule has 0 bridgehead atoms. The van der Waals surface area contributed by atoms with Gasteiger partial charge in [0.05, 0.1) is 11.6 Å². The number of hydrogen-bond acceptors (Lipinski definition) is 5. The molecule has 1 N–H and O–H groups in total. The van der Waals surface area contributed by atoms with E-state index >= 15 is 0 Å². The summed E-state index contributed by atoms with van der Waals surface area (Å²) in [5, 5.41) is 10.4. The van der Waals surface area contributed by atoms with Gasteiger partial charge in [0.25, 0.3) is 5.91 Å². The number of benzene rings is 5. The van der Waals surface area contributed by atoms with E-state index < -0.39 is 26.5 Å². The molecule has 0 atom stereocenters. The molecule has 0 aliphatic carbocycles. The predicted octanol–water partition coefficient (Wildman–Crippen LogP) is 8.28. The smallest absolute Gasteiger partial charge is 0.258 e. The molecule has 0 aliphatic rings. The van der Waals surface area contributed by atoms with Gasteiger partial charge in [-0.3, -0.25) is 4.79 Å². The predicted molar refractivity (Wildman–Crippen MR) is 185 cm³/mol. The fourth-order valence-electron chi connectivity index (χ4n) is 4.99. The Balaban J connectivity index is 1.46. The van der Waals surface area contributed by atoms with Crippen molar-refractivity contribution < 1.29 is 27.1 Å². The van der Waals surface area contributed by atoms with E-state index in [9.17, 15) is 27.1 Å². The lowest BCUT2D eigenvalue weighted by Gasteiger charge is -2.25. The number of halogens is 4. The molecule has 0 radical (unpaired) electrons. The fourth-order valence-corrected chi connectivity index (χ4v) is 7.15. The molecule has 248 valence electrons. The second kappa shape index (κ2) is 14.7.